The second kappa shape index (κ2) is 8.23. The van der Waals surface area contributed by atoms with Crippen LogP contribution in [0.25, 0.3) is 0 Å². The highest BCUT2D eigenvalue weighted by Gasteiger charge is 2.30. The predicted octanol–water partition coefficient (Wildman–Crippen LogP) is 4.39. The van der Waals surface area contributed by atoms with Crippen molar-refractivity contribution in [2.75, 3.05) is 6.54 Å². The average molecular weight is 386 g/mol. The van der Waals surface area contributed by atoms with Gasteiger partial charge in [0.2, 0.25) is 0 Å². The Balaban J connectivity index is 1.89. The molecule has 0 unspecified atom stereocenters. The Morgan fingerprint density at radius 2 is 1.73 bits per heavy atom. The molecule has 138 valence electrons. The molecule has 0 fully saturated rings. The lowest BCUT2D eigenvalue weighted by molar-refractivity contribution is -0.147. The van der Waals surface area contributed by atoms with Crippen LogP contribution in [0.5, 0.6) is 0 Å². The van der Waals surface area contributed by atoms with Gasteiger partial charge in [-0.3, -0.25) is 9.59 Å². The van der Waals surface area contributed by atoms with E-state index in [4.69, 9.17) is 16.3 Å². The van der Waals surface area contributed by atoms with Gasteiger partial charge in [-0.25, -0.2) is 0 Å². The Morgan fingerprint density at radius 3 is 2.31 bits per heavy atom. The number of esters is 1. The zero-order valence-corrected chi connectivity index (χ0v) is 14.4. The third-order valence-electron chi connectivity index (χ3n) is 3.52. The molecule has 1 atom stereocenters. The largest absolute Gasteiger partial charge is 0.456 e. The molecule has 0 radical (unpaired) electrons. The molecule has 1 amide bonds. The van der Waals surface area contributed by atoms with Crippen molar-refractivity contribution in [1.82, 2.24) is 5.32 Å². The molecule has 0 aliphatic heterocycles. The Kier molecular flexibility index (Phi) is 6.26. The zero-order valence-electron chi connectivity index (χ0n) is 13.6. The normalized spacial score (nSPS) is 12.3. The van der Waals surface area contributed by atoms with Gasteiger partial charge in [0.05, 0.1) is 5.56 Å². The molecule has 8 heteroatoms. The molecular formula is C18H15ClF3NO3. The van der Waals surface area contributed by atoms with Crippen LogP contribution in [-0.4, -0.2) is 18.4 Å². The molecular weight excluding hydrogens is 371 g/mol. The van der Waals surface area contributed by atoms with Crippen molar-refractivity contribution in [2.24, 2.45) is 0 Å². The van der Waals surface area contributed by atoms with E-state index in [1.165, 1.54) is 0 Å². The number of carbonyl (C=O) groups is 2. The first-order chi connectivity index (χ1) is 12.2. The van der Waals surface area contributed by atoms with Crippen LogP contribution >= 0.6 is 11.6 Å². The third kappa shape index (κ3) is 5.23. The van der Waals surface area contributed by atoms with Crippen LogP contribution in [0, 0.1) is 0 Å². The summed E-state index contributed by atoms with van der Waals surface area (Å²) in [6, 6.07) is 10.5. The molecule has 1 N–H and O–H groups in total. The molecule has 2 aromatic rings. The number of nitrogens with one attached hydrogen (secondary N) is 1. The van der Waals surface area contributed by atoms with Crippen LogP contribution in [0.4, 0.5) is 13.2 Å². The fraction of sp³-hybridized carbons (Fsp3) is 0.222. The minimum absolute atomic E-state index is 0.00459. The second-order valence-corrected chi connectivity index (χ2v) is 5.82. The first-order valence-electron chi connectivity index (χ1n) is 7.58. The highest BCUT2D eigenvalue weighted by Crippen LogP contribution is 2.29. The van der Waals surface area contributed by atoms with Crippen molar-refractivity contribution in [3.05, 3.63) is 70.2 Å². The minimum atomic E-state index is -4.48. The van der Waals surface area contributed by atoms with Crippen molar-refractivity contribution in [1.29, 1.82) is 0 Å². The highest BCUT2D eigenvalue weighted by molar-refractivity contribution is 6.31. The third-order valence-corrected chi connectivity index (χ3v) is 3.86. The topological polar surface area (TPSA) is 55.4 Å². The van der Waals surface area contributed by atoms with Crippen molar-refractivity contribution >= 4 is 23.5 Å². The molecule has 2 rings (SSSR count). The average Bonchev–Trinajstić information content (AvgIpc) is 2.59. The van der Waals surface area contributed by atoms with Crippen LogP contribution in [0.1, 0.15) is 34.5 Å². The highest BCUT2D eigenvalue weighted by atomic mass is 35.5. The number of amides is 1. The van der Waals surface area contributed by atoms with Crippen molar-refractivity contribution in [2.45, 2.75) is 19.2 Å². The molecule has 0 bridgehead atoms. The van der Waals surface area contributed by atoms with E-state index in [-0.39, 0.29) is 5.56 Å². The molecule has 0 saturated carbocycles. The number of hydrogen-bond donors (Lipinski definition) is 1. The summed E-state index contributed by atoms with van der Waals surface area (Å²) < 4.78 is 42.7. The van der Waals surface area contributed by atoms with E-state index < -0.39 is 36.3 Å². The Labute approximate surface area is 152 Å². The Morgan fingerprint density at radius 1 is 1.12 bits per heavy atom. The van der Waals surface area contributed by atoms with Gasteiger partial charge in [0.1, 0.15) is 12.6 Å². The Hall–Kier alpha value is -2.54. The van der Waals surface area contributed by atoms with E-state index in [1.54, 1.807) is 31.2 Å². The molecule has 0 spiro atoms. The predicted molar refractivity (Wildman–Crippen MR) is 89.7 cm³/mol. The lowest BCUT2D eigenvalue weighted by atomic mass is 10.1. The van der Waals surface area contributed by atoms with E-state index in [1.807, 2.05) is 0 Å². The van der Waals surface area contributed by atoms with Gasteiger partial charge in [-0.15, -0.1) is 0 Å². The van der Waals surface area contributed by atoms with E-state index >= 15 is 0 Å². The monoisotopic (exact) mass is 385 g/mol. The molecule has 0 heterocycles. The number of carbonyl (C=O) groups excluding carboxylic acids is 2. The molecule has 2 aromatic carbocycles. The van der Waals surface area contributed by atoms with Gasteiger partial charge in [0.25, 0.3) is 5.91 Å². The molecule has 0 aliphatic carbocycles. The summed E-state index contributed by atoms with van der Waals surface area (Å²) in [5.41, 5.74) is -0.233. The SMILES string of the molecule is C[C@@H](OC(=O)CNC(=O)c1ccc(C(F)(F)F)cc1)c1ccccc1Cl. The maximum absolute atomic E-state index is 12.5. The quantitative estimate of drug-likeness (QED) is 0.776. The maximum atomic E-state index is 12.5. The van der Waals surface area contributed by atoms with Crippen LogP contribution in [0.3, 0.4) is 0 Å². The summed E-state index contributed by atoms with van der Waals surface area (Å²) in [5, 5.41) is 2.75. The molecule has 0 aliphatic rings. The maximum Gasteiger partial charge on any atom is 0.416 e. The number of benzene rings is 2. The van der Waals surface area contributed by atoms with Crippen molar-refractivity contribution < 1.29 is 27.5 Å². The molecule has 26 heavy (non-hydrogen) atoms. The minimum Gasteiger partial charge on any atom is -0.456 e. The first-order valence-corrected chi connectivity index (χ1v) is 7.95. The first kappa shape index (κ1) is 19.8. The summed E-state index contributed by atoms with van der Waals surface area (Å²) in [4.78, 5) is 23.7. The molecule has 0 aromatic heterocycles. The lowest BCUT2D eigenvalue weighted by Gasteiger charge is -2.15. The number of hydrogen-bond acceptors (Lipinski definition) is 3. The van der Waals surface area contributed by atoms with Gasteiger partial charge in [-0.05, 0) is 37.3 Å². The van der Waals surface area contributed by atoms with Crippen molar-refractivity contribution in [3.8, 4) is 0 Å². The van der Waals surface area contributed by atoms with E-state index in [0.29, 0.717) is 10.6 Å². The smallest absolute Gasteiger partial charge is 0.416 e. The van der Waals surface area contributed by atoms with Crippen molar-refractivity contribution in [3.63, 3.8) is 0 Å². The summed E-state index contributed by atoms with van der Waals surface area (Å²) in [5.74, 6) is -1.38. The van der Waals surface area contributed by atoms with Gasteiger partial charge in [-0.2, -0.15) is 13.2 Å². The molecule has 4 nitrogen and oxygen atoms in total. The zero-order chi connectivity index (χ0) is 19.3. The van der Waals surface area contributed by atoms with Crippen LogP contribution in [-0.2, 0) is 15.7 Å². The van der Waals surface area contributed by atoms with Gasteiger partial charge >= 0.3 is 12.1 Å². The summed E-state index contributed by atoms with van der Waals surface area (Å²) >= 11 is 6.01. The van der Waals surface area contributed by atoms with Crippen LogP contribution < -0.4 is 5.32 Å². The van der Waals surface area contributed by atoms with E-state index in [9.17, 15) is 22.8 Å². The summed E-state index contributed by atoms with van der Waals surface area (Å²) in [6.07, 6.45) is -5.09. The van der Waals surface area contributed by atoms with E-state index in [0.717, 1.165) is 24.3 Å². The summed E-state index contributed by atoms with van der Waals surface area (Å²) in [7, 11) is 0. The standard InChI is InChI=1S/C18H15ClF3NO3/c1-11(14-4-2-3-5-15(14)19)26-16(24)10-23-17(25)12-6-8-13(9-7-12)18(20,21)22/h2-9,11H,10H2,1H3,(H,23,25)/t11-/m1/s1. The number of alkyl halides is 3. The summed E-state index contributed by atoms with van der Waals surface area (Å²) in [6.45, 7) is 1.21. The number of ether oxygens (including phenoxy) is 1. The Bertz CT molecular complexity index is 791. The second-order valence-electron chi connectivity index (χ2n) is 5.41. The lowest BCUT2D eigenvalue weighted by Crippen LogP contribution is -2.31. The van der Waals surface area contributed by atoms with E-state index in [2.05, 4.69) is 5.32 Å². The van der Waals surface area contributed by atoms with Gasteiger partial charge < -0.3 is 10.1 Å². The number of halogens is 4. The van der Waals surface area contributed by atoms with Crippen LogP contribution in [0.2, 0.25) is 5.02 Å². The fourth-order valence-corrected chi connectivity index (χ4v) is 2.46. The van der Waals surface area contributed by atoms with Gasteiger partial charge in [0.15, 0.2) is 0 Å². The molecule has 0 saturated heterocycles. The fourth-order valence-electron chi connectivity index (χ4n) is 2.17. The number of rotatable bonds is 5. The van der Waals surface area contributed by atoms with Gasteiger partial charge in [0, 0.05) is 16.1 Å². The van der Waals surface area contributed by atoms with Gasteiger partial charge in [-0.1, -0.05) is 29.8 Å². The van der Waals surface area contributed by atoms with Crippen LogP contribution in [0.15, 0.2) is 48.5 Å².